The number of nitrogens with one attached hydrogen (secondary N) is 1. The topological polar surface area (TPSA) is 58.4 Å². The normalized spacial score (nSPS) is 30.5. The van der Waals surface area contributed by atoms with Gasteiger partial charge in [-0.25, -0.2) is 0 Å². The number of likely N-dealkylation sites (tertiary alicyclic amines) is 1. The van der Waals surface area contributed by atoms with Crippen molar-refractivity contribution in [2.45, 2.75) is 57.9 Å². The van der Waals surface area contributed by atoms with E-state index in [-0.39, 0.29) is 24.2 Å². The molecule has 0 spiro atoms. The number of amides is 1. The Morgan fingerprint density at radius 3 is 2.57 bits per heavy atom. The maximum absolute atomic E-state index is 12.1. The van der Waals surface area contributed by atoms with Gasteiger partial charge < -0.3 is 11.1 Å². The fourth-order valence-electron chi connectivity index (χ4n) is 3.81. The van der Waals surface area contributed by atoms with Crippen LogP contribution in [0.4, 0.5) is 0 Å². The first kappa shape index (κ1) is 18.7. The first-order valence-electron chi connectivity index (χ1n) is 8.46. The van der Waals surface area contributed by atoms with Crippen molar-refractivity contribution in [2.75, 3.05) is 26.2 Å². The Labute approximate surface area is 135 Å². The zero-order valence-corrected chi connectivity index (χ0v) is 14.2. The van der Waals surface area contributed by atoms with E-state index in [4.69, 9.17) is 5.73 Å². The fourth-order valence-corrected chi connectivity index (χ4v) is 3.81. The van der Waals surface area contributed by atoms with Crippen LogP contribution >= 0.6 is 12.4 Å². The lowest BCUT2D eigenvalue weighted by atomic mass is 9.83. The van der Waals surface area contributed by atoms with Crippen molar-refractivity contribution >= 4 is 18.3 Å². The van der Waals surface area contributed by atoms with Gasteiger partial charge in [-0.2, -0.15) is 0 Å². The summed E-state index contributed by atoms with van der Waals surface area (Å²) in [6, 6.07) is 0.725. The van der Waals surface area contributed by atoms with Crippen LogP contribution in [-0.2, 0) is 4.79 Å². The van der Waals surface area contributed by atoms with Gasteiger partial charge in [0.15, 0.2) is 0 Å². The predicted octanol–water partition coefficient (Wildman–Crippen LogP) is 2.16. The molecule has 0 aromatic heterocycles. The molecule has 0 radical (unpaired) electrons. The highest BCUT2D eigenvalue weighted by atomic mass is 35.5. The molecule has 2 aliphatic rings. The Balaban J connectivity index is 0.00000220. The average molecular weight is 318 g/mol. The van der Waals surface area contributed by atoms with Gasteiger partial charge in [-0.05, 0) is 51.0 Å². The van der Waals surface area contributed by atoms with Crippen LogP contribution in [0.2, 0.25) is 0 Å². The lowest BCUT2D eigenvalue weighted by Crippen LogP contribution is -2.48. The molecule has 0 aromatic carbocycles. The van der Waals surface area contributed by atoms with Crippen LogP contribution in [0, 0.1) is 11.8 Å². The number of hydrogen-bond acceptors (Lipinski definition) is 3. The van der Waals surface area contributed by atoms with E-state index in [0.717, 1.165) is 31.3 Å². The van der Waals surface area contributed by atoms with Crippen molar-refractivity contribution in [3.63, 3.8) is 0 Å². The minimum absolute atomic E-state index is 0. The Bertz CT molecular complexity index is 306. The van der Waals surface area contributed by atoms with E-state index in [1.807, 2.05) is 0 Å². The minimum Gasteiger partial charge on any atom is -0.355 e. The molecule has 1 unspecified atom stereocenters. The average Bonchev–Trinajstić information content (AvgIpc) is 2.52. The molecule has 5 heteroatoms. The zero-order valence-electron chi connectivity index (χ0n) is 13.4. The summed E-state index contributed by atoms with van der Waals surface area (Å²) in [6.07, 6.45) is 8.94. The maximum Gasteiger partial charge on any atom is 0.224 e. The van der Waals surface area contributed by atoms with E-state index in [1.54, 1.807) is 0 Å². The molecule has 1 atom stereocenters. The highest BCUT2D eigenvalue weighted by Gasteiger charge is 2.31. The third-order valence-corrected chi connectivity index (χ3v) is 5.18. The van der Waals surface area contributed by atoms with Gasteiger partial charge in [0.2, 0.25) is 5.91 Å². The van der Waals surface area contributed by atoms with E-state index in [2.05, 4.69) is 17.1 Å². The molecule has 0 aromatic rings. The number of halogens is 1. The number of nitrogens with zero attached hydrogens (tertiary/aromatic N) is 1. The Hall–Kier alpha value is -0.320. The SMILES string of the molecule is CCC1CCC(N2CCCC(C(=O)NCCN)C2)CC1.Cl. The quantitative estimate of drug-likeness (QED) is 0.817. The second-order valence-electron chi connectivity index (χ2n) is 6.50. The highest BCUT2D eigenvalue weighted by Crippen LogP contribution is 2.31. The number of nitrogens with two attached hydrogens (primary N) is 1. The smallest absolute Gasteiger partial charge is 0.224 e. The zero-order chi connectivity index (χ0) is 14.4. The monoisotopic (exact) mass is 317 g/mol. The molecule has 2 fully saturated rings. The molecule has 1 saturated heterocycles. The van der Waals surface area contributed by atoms with Gasteiger partial charge in [0.1, 0.15) is 0 Å². The number of piperidine rings is 1. The van der Waals surface area contributed by atoms with Crippen LogP contribution < -0.4 is 11.1 Å². The van der Waals surface area contributed by atoms with Gasteiger partial charge in [0, 0.05) is 25.7 Å². The van der Waals surface area contributed by atoms with E-state index in [1.165, 1.54) is 38.6 Å². The molecule has 3 N–H and O–H groups in total. The van der Waals surface area contributed by atoms with Crippen LogP contribution in [-0.4, -0.2) is 43.0 Å². The van der Waals surface area contributed by atoms with E-state index >= 15 is 0 Å². The van der Waals surface area contributed by atoms with Crippen molar-refractivity contribution in [1.29, 1.82) is 0 Å². The summed E-state index contributed by atoms with van der Waals surface area (Å²) in [5, 5.41) is 2.95. The number of carbonyl (C=O) groups excluding carboxylic acids is 1. The lowest BCUT2D eigenvalue weighted by Gasteiger charge is -2.41. The van der Waals surface area contributed by atoms with Crippen LogP contribution in [0.15, 0.2) is 0 Å². The third kappa shape index (κ3) is 5.42. The molecule has 124 valence electrons. The highest BCUT2D eigenvalue weighted by molar-refractivity contribution is 5.85. The van der Waals surface area contributed by atoms with Gasteiger partial charge in [-0.3, -0.25) is 9.69 Å². The first-order chi connectivity index (χ1) is 9.74. The summed E-state index contributed by atoms with van der Waals surface area (Å²) < 4.78 is 0. The third-order valence-electron chi connectivity index (χ3n) is 5.18. The second-order valence-corrected chi connectivity index (χ2v) is 6.50. The summed E-state index contributed by atoms with van der Waals surface area (Å²) in [5.41, 5.74) is 5.45. The second kappa shape index (κ2) is 9.65. The van der Waals surface area contributed by atoms with Crippen molar-refractivity contribution < 1.29 is 4.79 Å². The van der Waals surface area contributed by atoms with Gasteiger partial charge in [-0.1, -0.05) is 13.3 Å². The molecule has 21 heavy (non-hydrogen) atoms. The summed E-state index contributed by atoms with van der Waals surface area (Å²) in [6.45, 7) is 5.59. The summed E-state index contributed by atoms with van der Waals surface area (Å²) in [7, 11) is 0. The molecule has 1 aliphatic heterocycles. The van der Waals surface area contributed by atoms with Gasteiger partial charge in [0.05, 0.1) is 5.92 Å². The minimum atomic E-state index is 0. The molecule has 2 rings (SSSR count). The van der Waals surface area contributed by atoms with Gasteiger partial charge in [-0.15, -0.1) is 12.4 Å². The van der Waals surface area contributed by atoms with Gasteiger partial charge in [0.25, 0.3) is 0 Å². The van der Waals surface area contributed by atoms with Crippen molar-refractivity contribution in [3.05, 3.63) is 0 Å². The first-order valence-corrected chi connectivity index (χ1v) is 8.46. The summed E-state index contributed by atoms with van der Waals surface area (Å²) in [4.78, 5) is 14.7. The molecule has 1 heterocycles. The molecule has 0 bridgehead atoms. The van der Waals surface area contributed by atoms with Crippen molar-refractivity contribution in [1.82, 2.24) is 10.2 Å². The summed E-state index contributed by atoms with van der Waals surface area (Å²) >= 11 is 0. The Morgan fingerprint density at radius 2 is 1.95 bits per heavy atom. The van der Waals surface area contributed by atoms with E-state index in [9.17, 15) is 4.79 Å². The number of hydrogen-bond donors (Lipinski definition) is 2. The van der Waals surface area contributed by atoms with Crippen LogP contribution in [0.25, 0.3) is 0 Å². The lowest BCUT2D eigenvalue weighted by molar-refractivity contribution is -0.127. The largest absolute Gasteiger partial charge is 0.355 e. The van der Waals surface area contributed by atoms with Crippen LogP contribution in [0.5, 0.6) is 0 Å². The summed E-state index contributed by atoms with van der Waals surface area (Å²) in [5.74, 6) is 1.33. The molecular formula is C16H32ClN3O. The molecule has 4 nitrogen and oxygen atoms in total. The molecule has 1 aliphatic carbocycles. The predicted molar refractivity (Wildman–Crippen MR) is 89.6 cm³/mol. The van der Waals surface area contributed by atoms with E-state index in [0.29, 0.717) is 13.1 Å². The standard InChI is InChI=1S/C16H31N3O.ClH/c1-2-13-5-7-15(8-6-13)19-11-3-4-14(12-19)16(20)18-10-9-17;/h13-15H,2-12,17H2,1H3,(H,18,20);1H. The maximum atomic E-state index is 12.1. The fraction of sp³-hybridized carbons (Fsp3) is 0.938. The molecular weight excluding hydrogens is 286 g/mol. The Morgan fingerprint density at radius 1 is 1.24 bits per heavy atom. The molecule has 1 amide bonds. The molecule has 1 saturated carbocycles. The van der Waals surface area contributed by atoms with E-state index < -0.39 is 0 Å². The number of rotatable bonds is 5. The number of carbonyl (C=O) groups is 1. The van der Waals surface area contributed by atoms with Gasteiger partial charge >= 0.3 is 0 Å². The van der Waals surface area contributed by atoms with Crippen molar-refractivity contribution in [2.24, 2.45) is 17.6 Å². The van der Waals surface area contributed by atoms with Crippen LogP contribution in [0.3, 0.4) is 0 Å². The van der Waals surface area contributed by atoms with Crippen LogP contribution in [0.1, 0.15) is 51.9 Å². The van der Waals surface area contributed by atoms with Crippen molar-refractivity contribution in [3.8, 4) is 0 Å². The Kier molecular flexibility index (Phi) is 8.60.